The molecule has 270 valence electrons. The van der Waals surface area contributed by atoms with Gasteiger partial charge in [0.2, 0.25) is 0 Å². The number of aryl methyl sites for hydroxylation is 1. The Hall–Kier alpha value is -6.38. The fraction of sp³-hybridized carbons (Fsp3) is 0.148. The van der Waals surface area contributed by atoms with E-state index in [4.69, 9.17) is 4.42 Å². The fourth-order valence-corrected chi connectivity index (χ4v) is 10.3. The van der Waals surface area contributed by atoms with Crippen LogP contribution in [0.1, 0.15) is 67.7 Å². The summed E-state index contributed by atoms with van der Waals surface area (Å²) in [6, 6.07) is 60.1. The van der Waals surface area contributed by atoms with Crippen molar-refractivity contribution in [3.8, 4) is 33.4 Å². The molecule has 0 radical (unpaired) electrons. The Bertz CT molecular complexity index is 2890. The molecule has 0 bridgehead atoms. The second-order valence-corrected chi connectivity index (χ2v) is 16.8. The van der Waals surface area contributed by atoms with Crippen molar-refractivity contribution in [2.45, 2.75) is 51.4 Å². The van der Waals surface area contributed by atoms with Crippen molar-refractivity contribution in [2.75, 3.05) is 4.90 Å². The standard InChI is InChI=1S/C54H43NO/c1-53(2)43-19-10-8-16-40(43)50-45(53)21-13-22-47(50)55(37-28-24-35(25-29-37)34-14-6-5-7-15-34)38-30-26-36(27-31-38)39-18-12-23-48-49(39)42-32-33-46-51(52(42)56-48)41-17-9-11-20-44(41)54(46,3)4/h5-31H,32-33H2,1-4H3. The van der Waals surface area contributed by atoms with Gasteiger partial charge in [-0.2, -0.15) is 0 Å². The first-order valence-electron chi connectivity index (χ1n) is 20.0. The van der Waals surface area contributed by atoms with Gasteiger partial charge in [0.25, 0.3) is 0 Å². The third-order valence-electron chi connectivity index (χ3n) is 13.1. The van der Waals surface area contributed by atoms with Crippen molar-refractivity contribution < 1.29 is 4.42 Å². The van der Waals surface area contributed by atoms with Crippen molar-refractivity contribution in [3.63, 3.8) is 0 Å². The third-order valence-corrected chi connectivity index (χ3v) is 13.1. The van der Waals surface area contributed by atoms with Gasteiger partial charge < -0.3 is 9.32 Å². The van der Waals surface area contributed by atoms with Crippen LogP contribution in [0.4, 0.5) is 17.1 Å². The molecule has 2 nitrogen and oxygen atoms in total. The maximum atomic E-state index is 6.86. The number of furan rings is 1. The SMILES string of the molecule is CC1(C)C2=C(c3ccccc31)c1oc3cccc(-c4ccc(N(c5ccc(-c6ccccc6)cc5)c5cccc6c5-c5ccccc5C6(C)C)cc4)c3c1CC2. The van der Waals surface area contributed by atoms with Gasteiger partial charge in [-0.15, -0.1) is 0 Å². The van der Waals surface area contributed by atoms with Gasteiger partial charge in [0.1, 0.15) is 11.3 Å². The Labute approximate surface area is 329 Å². The normalized spacial score (nSPS) is 15.6. The van der Waals surface area contributed by atoms with E-state index in [1.165, 1.54) is 83.4 Å². The molecule has 0 saturated carbocycles. The monoisotopic (exact) mass is 721 g/mol. The predicted molar refractivity (Wildman–Crippen MR) is 233 cm³/mol. The van der Waals surface area contributed by atoms with Gasteiger partial charge in [-0.25, -0.2) is 0 Å². The van der Waals surface area contributed by atoms with Crippen molar-refractivity contribution in [2.24, 2.45) is 0 Å². The van der Waals surface area contributed by atoms with Crippen LogP contribution >= 0.6 is 0 Å². The second kappa shape index (κ2) is 12.1. The Kier molecular flexibility index (Phi) is 7.11. The molecule has 0 fully saturated rings. The zero-order chi connectivity index (χ0) is 37.8. The summed E-state index contributed by atoms with van der Waals surface area (Å²) in [6.45, 7) is 9.46. The van der Waals surface area contributed by atoms with Crippen LogP contribution in [-0.2, 0) is 17.3 Å². The lowest BCUT2D eigenvalue weighted by Crippen LogP contribution is -2.18. The van der Waals surface area contributed by atoms with Crippen molar-refractivity contribution in [3.05, 3.63) is 203 Å². The number of benzene rings is 7. The van der Waals surface area contributed by atoms with Gasteiger partial charge in [-0.1, -0.05) is 155 Å². The molecule has 3 aliphatic rings. The molecule has 8 aromatic rings. The van der Waals surface area contributed by atoms with Crippen LogP contribution in [0.25, 0.3) is 49.9 Å². The molecular weight excluding hydrogens is 679 g/mol. The Morgan fingerprint density at radius 1 is 0.464 bits per heavy atom. The van der Waals surface area contributed by atoms with Gasteiger partial charge in [0.15, 0.2) is 0 Å². The minimum absolute atomic E-state index is 0.00565. The molecule has 0 aliphatic heterocycles. The third kappa shape index (κ3) is 4.69. The molecule has 7 aromatic carbocycles. The van der Waals surface area contributed by atoms with Gasteiger partial charge in [0, 0.05) is 44.3 Å². The van der Waals surface area contributed by atoms with Crippen LogP contribution in [-0.4, -0.2) is 0 Å². The Morgan fingerprint density at radius 2 is 1.04 bits per heavy atom. The number of hydrogen-bond acceptors (Lipinski definition) is 2. The highest BCUT2D eigenvalue weighted by Crippen LogP contribution is 2.56. The molecule has 11 rings (SSSR count). The molecule has 0 unspecified atom stereocenters. The number of rotatable bonds is 5. The Balaban J connectivity index is 1.05. The molecule has 0 amide bonds. The smallest absolute Gasteiger partial charge is 0.139 e. The van der Waals surface area contributed by atoms with Crippen LogP contribution in [0.2, 0.25) is 0 Å². The highest BCUT2D eigenvalue weighted by molar-refractivity contribution is 6.03. The topological polar surface area (TPSA) is 16.4 Å². The summed E-state index contributed by atoms with van der Waals surface area (Å²) < 4.78 is 6.86. The first kappa shape index (κ1) is 33.0. The molecule has 0 atom stereocenters. The minimum Gasteiger partial charge on any atom is -0.456 e. The largest absolute Gasteiger partial charge is 0.456 e. The average Bonchev–Trinajstić information content (AvgIpc) is 3.82. The summed E-state index contributed by atoms with van der Waals surface area (Å²) in [6.07, 6.45) is 2.03. The quantitative estimate of drug-likeness (QED) is 0.176. The summed E-state index contributed by atoms with van der Waals surface area (Å²) in [4.78, 5) is 2.45. The minimum atomic E-state index is -0.0931. The number of fused-ring (bicyclic) bond motifs is 9. The van der Waals surface area contributed by atoms with Crippen LogP contribution in [0, 0.1) is 0 Å². The zero-order valence-electron chi connectivity index (χ0n) is 32.4. The van der Waals surface area contributed by atoms with Crippen LogP contribution in [0.3, 0.4) is 0 Å². The molecule has 0 spiro atoms. The first-order chi connectivity index (χ1) is 27.3. The summed E-state index contributed by atoms with van der Waals surface area (Å²) >= 11 is 0. The van der Waals surface area contributed by atoms with Gasteiger partial charge >= 0.3 is 0 Å². The summed E-state index contributed by atoms with van der Waals surface area (Å²) in [5.74, 6) is 1.06. The lowest BCUT2D eigenvalue weighted by atomic mass is 9.77. The van der Waals surface area contributed by atoms with E-state index in [-0.39, 0.29) is 10.8 Å². The lowest BCUT2D eigenvalue weighted by molar-refractivity contribution is 0.571. The van der Waals surface area contributed by atoms with Crippen LogP contribution in [0.5, 0.6) is 0 Å². The summed E-state index contributed by atoms with van der Waals surface area (Å²) in [5, 5.41) is 1.25. The van der Waals surface area contributed by atoms with Crippen molar-refractivity contribution in [1.29, 1.82) is 0 Å². The van der Waals surface area contributed by atoms with E-state index in [1.54, 1.807) is 0 Å². The second-order valence-electron chi connectivity index (χ2n) is 16.8. The molecular formula is C54H43NO. The average molecular weight is 722 g/mol. The van der Waals surface area contributed by atoms with Gasteiger partial charge in [0.05, 0.1) is 5.69 Å². The van der Waals surface area contributed by atoms with Gasteiger partial charge in [-0.05, 0) is 105 Å². The molecule has 0 saturated heterocycles. The van der Waals surface area contributed by atoms with E-state index in [2.05, 4.69) is 196 Å². The van der Waals surface area contributed by atoms with Crippen LogP contribution in [0.15, 0.2) is 174 Å². The van der Waals surface area contributed by atoms with E-state index in [0.29, 0.717) is 0 Å². The first-order valence-corrected chi connectivity index (χ1v) is 20.0. The molecule has 3 aliphatic carbocycles. The van der Waals surface area contributed by atoms with Crippen molar-refractivity contribution >= 4 is 33.6 Å². The molecule has 1 heterocycles. The maximum Gasteiger partial charge on any atom is 0.139 e. The molecule has 0 N–H and O–H groups in total. The number of anilines is 3. The van der Waals surface area contributed by atoms with E-state index < -0.39 is 0 Å². The van der Waals surface area contributed by atoms with E-state index >= 15 is 0 Å². The maximum absolute atomic E-state index is 6.86. The molecule has 2 heteroatoms. The highest BCUT2D eigenvalue weighted by atomic mass is 16.3. The van der Waals surface area contributed by atoms with E-state index in [9.17, 15) is 0 Å². The molecule has 56 heavy (non-hydrogen) atoms. The predicted octanol–water partition coefficient (Wildman–Crippen LogP) is 14.6. The molecule has 1 aromatic heterocycles. The van der Waals surface area contributed by atoms with E-state index in [0.717, 1.165) is 35.6 Å². The fourth-order valence-electron chi connectivity index (χ4n) is 10.3. The zero-order valence-corrected chi connectivity index (χ0v) is 32.4. The number of hydrogen-bond donors (Lipinski definition) is 0. The van der Waals surface area contributed by atoms with Crippen molar-refractivity contribution in [1.82, 2.24) is 0 Å². The number of allylic oxidation sites excluding steroid dienone is 1. The van der Waals surface area contributed by atoms with Gasteiger partial charge in [-0.3, -0.25) is 0 Å². The van der Waals surface area contributed by atoms with E-state index in [1.807, 2.05) is 0 Å². The Morgan fingerprint density at radius 3 is 1.77 bits per heavy atom. The summed E-state index contributed by atoms with van der Waals surface area (Å²) in [5.41, 5.74) is 21.4. The lowest BCUT2D eigenvalue weighted by Gasteiger charge is -2.29. The highest BCUT2D eigenvalue weighted by Gasteiger charge is 2.42. The number of nitrogens with zero attached hydrogens (tertiary/aromatic N) is 1. The summed E-state index contributed by atoms with van der Waals surface area (Å²) in [7, 11) is 0. The van der Waals surface area contributed by atoms with Crippen LogP contribution < -0.4 is 4.90 Å².